The zero-order chi connectivity index (χ0) is 14.5. The van der Waals surface area contributed by atoms with Crippen molar-refractivity contribution < 1.29 is 18.7 Å². The number of esters is 1. The first kappa shape index (κ1) is 15.1. The minimum Gasteiger partial charge on any atom is -0.464 e. The smallest absolute Gasteiger partial charge is 0.331 e. The Morgan fingerprint density at radius 3 is 2.63 bits per heavy atom. The highest BCUT2D eigenvalue weighted by Crippen LogP contribution is 2.16. The fraction of sp³-hybridized carbons (Fsp3) is 0.429. The number of hydrogen-bond acceptors (Lipinski definition) is 3. The molecule has 1 amide bonds. The van der Waals surface area contributed by atoms with Crippen molar-refractivity contribution in [2.24, 2.45) is 0 Å². The van der Waals surface area contributed by atoms with Crippen LogP contribution in [0.3, 0.4) is 0 Å². The number of ether oxygens (including phenoxy) is 1. The minimum atomic E-state index is -1.20. The predicted octanol–water partition coefficient (Wildman–Crippen LogP) is 1.83. The van der Waals surface area contributed by atoms with Gasteiger partial charge in [0.25, 0.3) is 0 Å². The Hall–Kier alpha value is -1.91. The third-order valence-corrected chi connectivity index (χ3v) is 2.62. The monoisotopic (exact) mass is 267 g/mol. The van der Waals surface area contributed by atoms with Gasteiger partial charge in [-0.1, -0.05) is 12.1 Å². The minimum absolute atomic E-state index is 0.170. The molecule has 1 aromatic carbocycles. The first-order valence-electron chi connectivity index (χ1n) is 6.08. The van der Waals surface area contributed by atoms with Gasteiger partial charge in [0, 0.05) is 13.3 Å². The van der Waals surface area contributed by atoms with E-state index in [4.69, 9.17) is 4.74 Å². The molecule has 0 aliphatic carbocycles. The number of carbonyl (C=O) groups excluding carboxylic acids is 2. The molecule has 0 heterocycles. The van der Waals surface area contributed by atoms with E-state index < -0.39 is 11.5 Å². The molecule has 0 radical (unpaired) electrons. The lowest BCUT2D eigenvalue weighted by atomic mass is 9.92. The molecular formula is C14H18FNO3. The van der Waals surface area contributed by atoms with E-state index in [1.165, 1.54) is 19.1 Å². The summed E-state index contributed by atoms with van der Waals surface area (Å²) in [6, 6.07) is 5.91. The normalized spacial score (nSPS) is 13.5. The molecule has 0 fully saturated rings. The van der Waals surface area contributed by atoms with Gasteiger partial charge in [0.2, 0.25) is 5.91 Å². The standard InChI is InChI=1S/C14H18FNO3/c1-4-19-13(18)14(3,16-10(2)17)9-11-6-5-7-12(15)8-11/h5-8H,4,9H2,1-3H3,(H,16,17)/t14-/m1/s1. The summed E-state index contributed by atoms with van der Waals surface area (Å²) in [4.78, 5) is 23.2. The van der Waals surface area contributed by atoms with E-state index >= 15 is 0 Å². The summed E-state index contributed by atoms with van der Waals surface area (Å²) in [6.07, 6.45) is 0.170. The number of hydrogen-bond donors (Lipinski definition) is 1. The Morgan fingerprint density at radius 1 is 1.42 bits per heavy atom. The SMILES string of the molecule is CCOC(=O)[C@@](C)(Cc1cccc(F)c1)NC(C)=O. The third kappa shape index (κ3) is 4.35. The van der Waals surface area contributed by atoms with Crippen molar-refractivity contribution in [3.05, 3.63) is 35.6 Å². The molecule has 0 bridgehead atoms. The average molecular weight is 267 g/mol. The van der Waals surface area contributed by atoms with E-state index in [-0.39, 0.29) is 24.8 Å². The van der Waals surface area contributed by atoms with Crippen LogP contribution in [0.5, 0.6) is 0 Å². The van der Waals surface area contributed by atoms with Crippen LogP contribution in [0, 0.1) is 5.82 Å². The summed E-state index contributed by atoms with van der Waals surface area (Å²) in [5.41, 5.74) is -0.584. The first-order chi connectivity index (χ1) is 8.87. The summed E-state index contributed by atoms with van der Waals surface area (Å²) in [5, 5.41) is 2.57. The van der Waals surface area contributed by atoms with E-state index in [0.29, 0.717) is 5.56 Å². The molecular weight excluding hydrogens is 249 g/mol. The molecule has 1 N–H and O–H groups in total. The van der Waals surface area contributed by atoms with Crippen molar-refractivity contribution in [3.63, 3.8) is 0 Å². The highest BCUT2D eigenvalue weighted by atomic mass is 19.1. The molecule has 0 spiro atoms. The Morgan fingerprint density at radius 2 is 2.11 bits per heavy atom. The average Bonchev–Trinajstić information content (AvgIpc) is 2.27. The molecule has 0 unspecified atom stereocenters. The van der Waals surface area contributed by atoms with Crippen molar-refractivity contribution in [2.45, 2.75) is 32.7 Å². The molecule has 19 heavy (non-hydrogen) atoms. The number of nitrogens with one attached hydrogen (secondary N) is 1. The van der Waals surface area contributed by atoms with Gasteiger partial charge in [-0.2, -0.15) is 0 Å². The molecule has 5 heteroatoms. The number of carbonyl (C=O) groups is 2. The van der Waals surface area contributed by atoms with E-state index in [1.54, 1.807) is 26.0 Å². The zero-order valence-electron chi connectivity index (χ0n) is 11.3. The second kappa shape index (κ2) is 6.31. The summed E-state index contributed by atoms with van der Waals surface area (Å²) in [7, 11) is 0. The van der Waals surface area contributed by atoms with Gasteiger partial charge >= 0.3 is 5.97 Å². The van der Waals surface area contributed by atoms with Crippen LogP contribution in [-0.4, -0.2) is 24.0 Å². The van der Waals surface area contributed by atoms with E-state index in [0.717, 1.165) is 0 Å². The predicted molar refractivity (Wildman–Crippen MR) is 69.0 cm³/mol. The summed E-state index contributed by atoms with van der Waals surface area (Å²) < 4.78 is 18.1. The largest absolute Gasteiger partial charge is 0.464 e. The van der Waals surface area contributed by atoms with Gasteiger partial charge in [-0.3, -0.25) is 4.79 Å². The fourth-order valence-electron chi connectivity index (χ4n) is 1.90. The third-order valence-electron chi connectivity index (χ3n) is 2.62. The molecule has 104 valence electrons. The van der Waals surface area contributed by atoms with Gasteiger partial charge in [0.05, 0.1) is 6.61 Å². The second-order valence-electron chi connectivity index (χ2n) is 4.54. The van der Waals surface area contributed by atoms with Gasteiger partial charge in [0.15, 0.2) is 0 Å². The van der Waals surface area contributed by atoms with Gasteiger partial charge in [-0.25, -0.2) is 9.18 Å². The van der Waals surface area contributed by atoms with Crippen molar-refractivity contribution in [1.82, 2.24) is 5.32 Å². The maximum absolute atomic E-state index is 13.2. The van der Waals surface area contributed by atoms with Crippen molar-refractivity contribution >= 4 is 11.9 Å². The van der Waals surface area contributed by atoms with E-state index in [1.807, 2.05) is 0 Å². The van der Waals surface area contributed by atoms with Crippen molar-refractivity contribution in [3.8, 4) is 0 Å². The summed E-state index contributed by atoms with van der Waals surface area (Å²) >= 11 is 0. The number of halogens is 1. The van der Waals surface area contributed by atoms with Crippen LogP contribution in [0.4, 0.5) is 4.39 Å². The Kier molecular flexibility index (Phi) is 5.03. The zero-order valence-corrected chi connectivity index (χ0v) is 11.3. The van der Waals surface area contributed by atoms with E-state index in [9.17, 15) is 14.0 Å². The number of rotatable bonds is 5. The van der Waals surface area contributed by atoms with Gasteiger partial charge in [-0.15, -0.1) is 0 Å². The quantitative estimate of drug-likeness (QED) is 0.828. The van der Waals surface area contributed by atoms with Crippen LogP contribution in [0.25, 0.3) is 0 Å². The summed E-state index contributed by atoms with van der Waals surface area (Å²) in [6.45, 7) is 4.80. The molecule has 1 rings (SSSR count). The van der Waals surface area contributed by atoms with Crippen LogP contribution in [0.2, 0.25) is 0 Å². The molecule has 0 aliphatic heterocycles. The highest BCUT2D eigenvalue weighted by molar-refractivity contribution is 5.87. The molecule has 1 aromatic rings. The number of benzene rings is 1. The Balaban J connectivity index is 2.97. The topological polar surface area (TPSA) is 55.4 Å². The lowest BCUT2D eigenvalue weighted by molar-refractivity contribution is -0.152. The molecule has 1 atom stereocenters. The van der Waals surface area contributed by atoms with Gasteiger partial charge in [-0.05, 0) is 31.5 Å². The van der Waals surface area contributed by atoms with Crippen LogP contribution in [0.15, 0.2) is 24.3 Å². The molecule has 4 nitrogen and oxygen atoms in total. The van der Waals surface area contributed by atoms with Crippen molar-refractivity contribution in [1.29, 1.82) is 0 Å². The molecule has 0 saturated carbocycles. The van der Waals surface area contributed by atoms with Crippen LogP contribution in [0.1, 0.15) is 26.3 Å². The maximum Gasteiger partial charge on any atom is 0.331 e. The van der Waals surface area contributed by atoms with Gasteiger partial charge in [0.1, 0.15) is 11.4 Å². The van der Waals surface area contributed by atoms with Gasteiger partial charge < -0.3 is 10.1 Å². The van der Waals surface area contributed by atoms with Crippen LogP contribution >= 0.6 is 0 Å². The molecule has 0 aromatic heterocycles. The van der Waals surface area contributed by atoms with E-state index in [2.05, 4.69) is 5.32 Å². The Labute approximate surface area is 112 Å². The highest BCUT2D eigenvalue weighted by Gasteiger charge is 2.35. The second-order valence-corrected chi connectivity index (χ2v) is 4.54. The van der Waals surface area contributed by atoms with Crippen molar-refractivity contribution in [2.75, 3.05) is 6.61 Å². The lowest BCUT2D eigenvalue weighted by Crippen LogP contribution is -2.54. The first-order valence-corrected chi connectivity index (χ1v) is 6.08. The Bertz CT molecular complexity index is 476. The summed E-state index contributed by atoms with van der Waals surface area (Å²) in [5.74, 6) is -1.26. The fourth-order valence-corrected chi connectivity index (χ4v) is 1.90. The lowest BCUT2D eigenvalue weighted by Gasteiger charge is -2.28. The molecule has 0 aliphatic rings. The molecule has 0 saturated heterocycles. The maximum atomic E-state index is 13.2. The van der Waals surface area contributed by atoms with Crippen LogP contribution < -0.4 is 5.32 Å². The number of amides is 1. The van der Waals surface area contributed by atoms with Crippen LogP contribution in [-0.2, 0) is 20.7 Å².